The van der Waals surface area contributed by atoms with Crippen LogP contribution in [0.3, 0.4) is 0 Å². The Labute approximate surface area is 214 Å². The second kappa shape index (κ2) is 10.5. The van der Waals surface area contributed by atoms with Gasteiger partial charge in [0.15, 0.2) is 5.82 Å². The summed E-state index contributed by atoms with van der Waals surface area (Å²) in [6.45, 7) is 4.50. The quantitative estimate of drug-likeness (QED) is 0.273. The van der Waals surface area contributed by atoms with Crippen molar-refractivity contribution in [2.24, 2.45) is 0 Å². The second-order valence-corrected chi connectivity index (χ2v) is 9.23. The number of para-hydroxylation sites is 2. The fourth-order valence-corrected chi connectivity index (χ4v) is 4.97. The van der Waals surface area contributed by atoms with Crippen LogP contribution >= 0.6 is 0 Å². The summed E-state index contributed by atoms with van der Waals surface area (Å²) in [5.41, 5.74) is 3.50. The van der Waals surface area contributed by atoms with Crippen molar-refractivity contribution in [3.63, 3.8) is 0 Å². The van der Waals surface area contributed by atoms with Crippen molar-refractivity contribution < 1.29 is 13.9 Å². The van der Waals surface area contributed by atoms with Crippen LogP contribution in [0.15, 0.2) is 78.6 Å². The summed E-state index contributed by atoms with van der Waals surface area (Å²) in [4.78, 5) is 12.0. The number of halogens is 2. The normalized spacial score (nSPS) is 16.5. The molecule has 4 aromatic rings. The molecule has 0 amide bonds. The van der Waals surface area contributed by atoms with E-state index in [0.717, 1.165) is 22.2 Å². The number of aliphatic hydroxyl groups is 1. The van der Waals surface area contributed by atoms with Crippen LogP contribution in [0.5, 0.6) is 0 Å². The summed E-state index contributed by atoms with van der Waals surface area (Å²) >= 11 is 0. The molecule has 188 valence electrons. The largest absolute Gasteiger partial charge is 0.509 e. The highest BCUT2D eigenvalue weighted by Crippen LogP contribution is 2.31. The van der Waals surface area contributed by atoms with Crippen molar-refractivity contribution in [1.29, 1.82) is 5.26 Å². The number of nitrogens with one attached hydrogen (secondary N) is 1. The summed E-state index contributed by atoms with van der Waals surface area (Å²) in [7, 11) is 0. The van der Waals surface area contributed by atoms with E-state index in [0.29, 0.717) is 32.0 Å². The number of piperazine rings is 1. The number of fused-ring (bicyclic) bond motifs is 1. The van der Waals surface area contributed by atoms with Crippen LogP contribution in [-0.2, 0) is 0 Å². The number of aromatic nitrogens is 2. The van der Waals surface area contributed by atoms with Crippen molar-refractivity contribution in [3.8, 4) is 6.07 Å². The van der Waals surface area contributed by atoms with Gasteiger partial charge in [-0.05, 0) is 54.4 Å². The number of allylic oxidation sites excluding steroid dienone is 1. The van der Waals surface area contributed by atoms with E-state index in [1.165, 1.54) is 24.3 Å². The zero-order valence-electron chi connectivity index (χ0n) is 20.4. The molecule has 2 heterocycles. The number of H-pyrrole nitrogens is 1. The zero-order valence-corrected chi connectivity index (χ0v) is 20.4. The minimum atomic E-state index is -0.389. The van der Waals surface area contributed by atoms with E-state index < -0.39 is 0 Å². The molecular formula is C29H27F2N5O. The molecule has 37 heavy (non-hydrogen) atoms. The lowest BCUT2D eigenvalue weighted by molar-refractivity contribution is 0.0814. The van der Waals surface area contributed by atoms with Gasteiger partial charge in [-0.15, -0.1) is 0 Å². The Balaban J connectivity index is 1.35. The van der Waals surface area contributed by atoms with Gasteiger partial charge in [0.25, 0.3) is 0 Å². The lowest BCUT2D eigenvalue weighted by Gasteiger charge is -2.41. The maximum absolute atomic E-state index is 13.6. The molecule has 1 unspecified atom stereocenters. The number of nitrogens with zero attached hydrogens (tertiary/aromatic N) is 4. The highest BCUT2D eigenvalue weighted by atomic mass is 19.1. The number of aromatic amines is 1. The number of hydrogen-bond donors (Lipinski definition) is 2. The van der Waals surface area contributed by atoms with E-state index in [9.17, 15) is 19.1 Å². The van der Waals surface area contributed by atoms with Crippen LogP contribution in [0.2, 0.25) is 0 Å². The maximum Gasteiger partial charge on any atom is 0.152 e. The predicted octanol–water partition coefficient (Wildman–Crippen LogP) is 5.43. The monoisotopic (exact) mass is 499 g/mol. The first-order chi connectivity index (χ1) is 17.9. The summed E-state index contributed by atoms with van der Waals surface area (Å²) in [5, 5.41) is 20.9. The Hall–Kier alpha value is -4.06. The van der Waals surface area contributed by atoms with Gasteiger partial charge in [-0.3, -0.25) is 9.80 Å². The highest BCUT2D eigenvalue weighted by Gasteiger charge is 2.30. The van der Waals surface area contributed by atoms with Crippen LogP contribution in [0.1, 0.15) is 29.9 Å². The molecular weight excluding hydrogens is 472 g/mol. The SMILES string of the molecule is CC(/C(O)=C(/C#N)c1nc2ccccc2[nH]1)N1CCN(C(c2ccc(F)cc2)c2ccc(F)cc2)CC1. The van der Waals surface area contributed by atoms with Crippen LogP contribution in [0.25, 0.3) is 16.6 Å². The van der Waals surface area contributed by atoms with Gasteiger partial charge in [-0.2, -0.15) is 5.26 Å². The summed E-state index contributed by atoms with van der Waals surface area (Å²) in [6.07, 6.45) is 0. The molecule has 1 saturated heterocycles. The van der Waals surface area contributed by atoms with E-state index in [1.807, 2.05) is 31.2 Å². The Morgan fingerprint density at radius 2 is 1.43 bits per heavy atom. The Morgan fingerprint density at radius 1 is 0.892 bits per heavy atom. The fraction of sp³-hybridized carbons (Fsp3) is 0.241. The third-order valence-electron chi connectivity index (χ3n) is 7.02. The van der Waals surface area contributed by atoms with Gasteiger partial charge in [0.05, 0.1) is 23.1 Å². The van der Waals surface area contributed by atoms with E-state index >= 15 is 0 Å². The number of aliphatic hydroxyl groups excluding tert-OH is 1. The standard InChI is InChI=1S/C29H27F2N5O/c1-19(28(37)24(18-32)29-33-25-4-2-3-5-26(25)34-29)35-14-16-36(17-15-35)27(20-6-10-22(30)11-7-20)21-8-12-23(31)13-9-21/h2-13,19,27,37H,14-17H2,1H3,(H,33,34)/b28-24+. The smallest absolute Gasteiger partial charge is 0.152 e. The van der Waals surface area contributed by atoms with Crippen LogP contribution in [0, 0.1) is 23.0 Å². The van der Waals surface area contributed by atoms with Crippen molar-refractivity contribution in [2.45, 2.75) is 19.0 Å². The van der Waals surface area contributed by atoms with E-state index in [1.54, 1.807) is 24.3 Å². The highest BCUT2D eigenvalue weighted by molar-refractivity contribution is 5.83. The molecule has 1 atom stereocenters. The van der Waals surface area contributed by atoms with Crippen LogP contribution in [0.4, 0.5) is 8.78 Å². The molecule has 0 radical (unpaired) electrons. The van der Waals surface area contributed by atoms with E-state index in [4.69, 9.17) is 0 Å². The third kappa shape index (κ3) is 5.10. The Morgan fingerprint density at radius 3 is 1.97 bits per heavy atom. The minimum absolute atomic E-state index is 0.0244. The first-order valence-corrected chi connectivity index (χ1v) is 12.2. The van der Waals surface area contributed by atoms with Gasteiger partial charge in [-0.25, -0.2) is 13.8 Å². The molecule has 1 fully saturated rings. The first-order valence-electron chi connectivity index (χ1n) is 12.2. The van der Waals surface area contributed by atoms with Gasteiger partial charge in [0.1, 0.15) is 29.0 Å². The van der Waals surface area contributed by atoms with Gasteiger partial charge in [0.2, 0.25) is 0 Å². The van der Waals surface area contributed by atoms with E-state index in [2.05, 4.69) is 25.8 Å². The average molecular weight is 500 g/mol. The van der Waals surface area contributed by atoms with Crippen molar-refractivity contribution in [1.82, 2.24) is 19.8 Å². The van der Waals surface area contributed by atoms with Gasteiger partial charge in [0, 0.05) is 26.2 Å². The minimum Gasteiger partial charge on any atom is -0.509 e. The van der Waals surface area contributed by atoms with Crippen molar-refractivity contribution in [3.05, 3.63) is 107 Å². The van der Waals surface area contributed by atoms with Crippen LogP contribution in [-0.4, -0.2) is 57.1 Å². The summed E-state index contributed by atoms with van der Waals surface area (Å²) < 4.78 is 27.2. The average Bonchev–Trinajstić information content (AvgIpc) is 3.35. The Bertz CT molecular complexity index is 1370. The number of rotatable bonds is 6. The van der Waals surface area contributed by atoms with Gasteiger partial charge < -0.3 is 10.1 Å². The molecule has 0 aliphatic carbocycles. The molecule has 8 heteroatoms. The van der Waals surface area contributed by atoms with Gasteiger partial charge in [-0.1, -0.05) is 36.4 Å². The van der Waals surface area contributed by atoms with Crippen molar-refractivity contribution in [2.75, 3.05) is 26.2 Å². The molecule has 1 aromatic heterocycles. The molecule has 1 aliphatic rings. The molecule has 5 rings (SSSR count). The topological polar surface area (TPSA) is 79.2 Å². The fourth-order valence-electron chi connectivity index (χ4n) is 4.97. The Kier molecular flexibility index (Phi) is 6.99. The third-order valence-corrected chi connectivity index (χ3v) is 7.02. The lowest BCUT2D eigenvalue weighted by atomic mass is 9.96. The number of hydrogen-bond acceptors (Lipinski definition) is 5. The van der Waals surface area contributed by atoms with Crippen molar-refractivity contribution >= 4 is 16.6 Å². The van der Waals surface area contributed by atoms with Gasteiger partial charge >= 0.3 is 0 Å². The number of imidazole rings is 1. The molecule has 6 nitrogen and oxygen atoms in total. The zero-order chi connectivity index (χ0) is 25.9. The maximum atomic E-state index is 13.6. The lowest BCUT2D eigenvalue weighted by Crippen LogP contribution is -2.51. The predicted molar refractivity (Wildman–Crippen MR) is 139 cm³/mol. The first kappa shape index (κ1) is 24.6. The molecule has 0 spiro atoms. The van der Waals surface area contributed by atoms with Crippen LogP contribution < -0.4 is 0 Å². The summed E-state index contributed by atoms with van der Waals surface area (Å²) in [6, 6.07) is 21.9. The second-order valence-electron chi connectivity index (χ2n) is 9.23. The molecule has 1 aliphatic heterocycles. The molecule has 3 aromatic carbocycles. The summed E-state index contributed by atoms with van der Waals surface area (Å²) in [5.74, 6) is -0.288. The molecule has 0 saturated carbocycles. The molecule has 0 bridgehead atoms. The molecule has 2 N–H and O–H groups in total. The number of benzene rings is 3. The van der Waals surface area contributed by atoms with E-state index in [-0.39, 0.29) is 35.1 Å². The number of nitriles is 1.